The van der Waals surface area contributed by atoms with Crippen LogP contribution in [0.25, 0.3) is 0 Å². The van der Waals surface area contributed by atoms with Gasteiger partial charge in [-0.1, -0.05) is 5.16 Å². The van der Waals surface area contributed by atoms with Gasteiger partial charge in [0.25, 0.3) is 5.91 Å². The minimum Gasteiger partial charge on any atom is -0.361 e. The van der Waals surface area contributed by atoms with Crippen LogP contribution in [0.5, 0.6) is 0 Å². The van der Waals surface area contributed by atoms with Crippen LogP contribution >= 0.6 is 12.4 Å². The van der Waals surface area contributed by atoms with Crippen LogP contribution in [0.3, 0.4) is 0 Å². The maximum atomic E-state index is 12.2. The SMILES string of the molecule is Cc1cc(C(=O)N2CCC3(CCNC3)CC2)no1.Cl. The molecule has 0 radical (unpaired) electrons. The van der Waals surface area contributed by atoms with E-state index >= 15 is 0 Å². The average molecular weight is 286 g/mol. The summed E-state index contributed by atoms with van der Waals surface area (Å²) in [4.78, 5) is 14.1. The Morgan fingerprint density at radius 2 is 2.16 bits per heavy atom. The third-order valence-corrected chi connectivity index (χ3v) is 4.29. The second kappa shape index (κ2) is 5.51. The molecule has 6 heteroatoms. The number of carbonyl (C=O) groups excluding carboxylic acids is 1. The summed E-state index contributed by atoms with van der Waals surface area (Å²) in [7, 11) is 0. The van der Waals surface area contributed by atoms with Crippen molar-refractivity contribution in [1.82, 2.24) is 15.4 Å². The number of aromatic nitrogens is 1. The molecule has 3 rings (SSSR count). The van der Waals surface area contributed by atoms with Gasteiger partial charge in [0, 0.05) is 25.7 Å². The minimum atomic E-state index is 0. The zero-order valence-electron chi connectivity index (χ0n) is 11.1. The molecule has 1 spiro atoms. The number of hydrogen-bond acceptors (Lipinski definition) is 4. The van der Waals surface area contributed by atoms with Gasteiger partial charge in [0.05, 0.1) is 0 Å². The van der Waals surface area contributed by atoms with E-state index in [1.165, 1.54) is 6.42 Å². The molecule has 106 valence electrons. The molecular formula is C13H20ClN3O2. The third kappa shape index (κ3) is 2.77. The molecule has 3 heterocycles. The van der Waals surface area contributed by atoms with E-state index in [9.17, 15) is 4.79 Å². The summed E-state index contributed by atoms with van der Waals surface area (Å²) in [6, 6.07) is 1.71. The highest BCUT2D eigenvalue weighted by Gasteiger charge is 2.38. The lowest BCUT2D eigenvalue weighted by atomic mass is 9.78. The second-order valence-corrected chi connectivity index (χ2v) is 5.54. The number of nitrogens with one attached hydrogen (secondary N) is 1. The van der Waals surface area contributed by atoms with Crippen LogP contribution in [0, 0.1) is 12.3 Å². The highest BCUT2D eigenvalue weighted by molar-refractivity contribution is 5.92. The minimum absolute atomic E-state index is 0. The van der Waals surface area contributed by atoms with Crippen LogP contribution in [0.4, 0.5) is 0 Å². The zero-order chi connectivity index (χ0) is 12.6. The Morgan fingerprint density at radius 1 is 1.42 bits per heavy atom. The summed E-state index contributed by atoms with van der Waals surface area (Å²) in [5.74, 6) is 0.694. The van der Waals surface area contributed by atoms with Gasteiger partial charge < -0.3 is 14.7 Å². The molecule has 2 aliphatic rings. The number of halogens is 1. The van der Waals surface area contributed by atoms with Gasteiger partial charge >= 0.3 is 0 Å². The monoisotopic (exact) mass is 285 g/mol. The predicted octanol–water partition coefficient (Wildman–Crippen LogP) is 1.62. The number of likely N-dealkylation sites (tertiary alicyclic amines) is 1. The molecule has 1 amide bonds. The van der Waals surface area contributed by atoms with Crippen molar-refractivity contribution in [3.63, 3.8) is 0 Å². The van der Waals surface area contributed by atoms with Crippen molar-refractivity contribution < 1.29 is 9.32 Å². The summed E-state index contributed by atoms with van der Waals surface area (Å²) in [5.41, 5.74) is 0.879. The number of rotatable bonds is 1. The normalized spacial score (nSPS) is 21.4. The lowest BCUT2D eigenvalue weighted by molar-refractivity contribution is 0.0598. The van der Waals surface area contributed by atoms with E-state index in [0.717, 1.165) is 39.0 Å². The molecule has 2 aliphatic heterocycles. The number of amides is 1. The molecule has 0 saturated carbocycles. The highest BCUT2D eigenvalue weighted by atomic mass is 35.5. The smallest absolute Gasteiger partial charge is 0.276 e. The maximum absolute atomic E-state index is 12.2. The summed E-state index contributed by atoms with van der Waals surface area (Å²) in [6.07, 6.45) is 3.45. The van der Waals surface area contributed by atoms with Gasteiger partial charge in [-0.05, 0) is 38.1 Å². The fourth-order valence-electron chi connectivity index (χ4n) is 3.04. The van der Waals surface area contributed by atoms with E-state index in [2.05, 4.69) is 10.5 Å². The number of aryl methyl sites for hydroxylation is 1. The van der Waals surface area contributed by atoms with Crippen molar-refractivity contribution in [3.05, 3.63) is 17.5 Å². The summed E-state index contributed by atoms with van der Waals surface area (Å²) in [6.45, 7) is 5.71. The number of hydrogen-bond donors (Lipinski definition) is 1. The predicted molar refractivity (Wildman–Crippen MR) is 73.5 cm³/mol. The van der Waals surface area contributed by atoms with E-state index in [1.54, 1.807) is 13.0 Å². The zero-order valence-corrected chi connectivity index (χ0v) is 12.0. The molecule has 2 saturated heterocycles. The summed E-state index contributed by atoms with van der Waals surface area (Å²) >= 11 is 0. The molecule has 0 bridgehead atoms. The van der Waals surface area contributed by atoms with Crippen LogP contribution < -0.4 is 5.32 Å². The molecule has 1 aromatic heterocycles. The van der Waals surface area contributed by atoms with Gasteiger partial charge in [0.15, 0.2) is 5.69 Å². The molecule has 5 nitrogen and oxygen atoms in total. The molecule has 0 aliphatic carbocycles. The lowest BCUT2D eigenvalue weighted by Crippen LogP contribution is -2.44. The summed E-state index contributed by atoms with van der Waals surface area (Å²) in [5, 5.41) is 7.23. The lowest BCUT2D eigenvalue weighted by Gasteiger charge is -2.38. The number of piperidine rings is 1. The molecule has 0 unspecified atom stereocenters. The molecule has 2 fully saturated rings. The van der Waals surface area contributed by atoms with Crippen LogP contribution in [0.1, 0.15) is 35.5 Å². The van der Waals surface area contributed by atoms with Crippen molar-refractivity contribution in [2.75, 3.05) is 26.2 Å². The van der Waals surface area contributed by atoms with Gasteiger partial charge in [-0.3, -0.25) is 4.79 Å². The van der Waals surface area contributed by atoms with Gasteiger partial charge in [0.2, 0.25) is 0 Å². The molecule has 0 aromatic carbocycles. The van der Waals surface area contributed by atoms with Crippen LogP contribution in [0.15, 0.2) is 10.6 Å². The fourth-order valence-corrected chi connectivity index (χ4v) is 3.04. The Bertz CT molecular complexity index is 444. The Balaban J connectivity index is 0.00000133. The van der Waals surface area contributed by atoms with Crippen LogP contribution in [-0.2, 0) is 0 Å². The molecule has 0 atom stereocenters. The first-order valence-electron chi connectivity index (χ1n) is 6.62. The van der Waals surface area contributed by atoms with Crippen molar-refractivity contribution in [1.29, 1.82) is 0 Å². The van der Waals surface area contributed by atoms with E-state index in [-0.39, 0.29) is 18.3 Å². The Kier molecular flexibility index (Phi) is 4.16. The van der Waals surface area contributed by atoms with Crippen molar-refractivity contribution in [2.45, 2.75) is 26.2 Å². The maximum Gasteiger partial charge on any atom is 0.276 e. The molecular weight excluding hydrogens is 266 g/mol. The first-order chi connectivity index (χ1) is 8.69. The van der Waals surface area contributed by atoms with Crippen molar-refractivity contribution >= 4 is 18.3 Å². The number of nitrogens with zero attached hydrogens (tertiary/aromatic N) is 2. The van der Waals surface area contributed by atoms with Gasteiger partial charge in [-0.15, -0.1) is 12.4 Å². The summed E-state index contributed by atoms with van der Waals surface area (Å²) < 4.78 is 4.96. The van der Waals surface area contributed by atoms with E-state index < -0.39 is 0 Å². The second-order valence-electron chi connectivity index (χ2n) is 5.54. The Morgan fingerprint density at radius 3 is 2.68 bits per heavy atom. The molecule has 1 N–H and O–H groups in total. The molecule has 1 aromatic rings. The first-order valence-corrected chi connectivity index (χ1v) is 6.62. The van der Waals surface area contributed by atoms with Crippen molar-refractivity contribution in [2.24, 2.45) is 5.41 Å². The van der Waals surface area contributed by atoms with Gasteiger partial charge in [-0.2, -0.15) is 0 Å². The molecule has 19 heavy (non-hydrogen) atoms. The van der Waals surface area contributed by atoms with Crippen LogP contribution in [0.2, 0.25) is 0 Å². The number of carbonyl (C=O) groups is 1. The first kappa shape index (κ1) is 14.3. The third-order valence-electron chi connectivity index (χ3n) is 4.29. The van der Waals surface area contributed by atoms with E-state index in [0.29, 0.717) is 16.9 Å². The average Bonchev–Trinajstić information content (AvgIpc) is 3.00. The topological polar surface area (TPSA) is 58.4 Å². The van der Waals surface area contributed by atoms with Crippen molar-refractivity contribution in [3.8, 4) is 0 Å². The van der Waals surface area contributed by atoms with Gasteiger partial charge in [0.1, 0.15) is 5.76 Å². The van der Waals surface area contributed by atoms with Gasteiger partial charge in [-0.25, -0.2) is 0 Å². The Labute approximate surface area is 119 Å². The Hall–Kier alpha value is -1.07. The van der Waals surface area contributed by atoms with E-state index in [1.807, 2.05) is 4.90 Å². The van der Waals surface area contributed by atoms with E-state index in [4.69, 9.17) is 4.52 Å². The standard InChI is InChI=1S/C13H19N3O2.ClH/c1-10-8-11(15-18-10)12(17)16-6-3-13(4-7-16)2-5-14-9-13;/h8,14H,2-7,9H2,1H3;1H. The highest BCUT2D eigenvalue weighted by Crippen LogP contribution is 2.37. The largest absolute Gasteiger partial charge is 0.361 e. The quantitative estimate of drug-likeness (QED) is 0.852. The fraction of sp³-hybridized carbons (Fsp3) is 0.692. The van der Waals surface area contributed by atoms with Crippen LogP contribution in [-0.4, -0.2) is 42.1 Å².